The summed E-state index contributed by atoms with van der Waals surface area (Å²) in [5, 5.41) is 3.76. The summed E-state index contributed by atoms with van der Waals surface area (Å²) in [4.78, 5) is 20.6. The highest BCUT2D eigenvalue weighted by Gasteiger charge is 2.24. The first-order valence-electron chi connectivity index (χ1n) is 6.53. The Morgan fingerprint density at radius 1 is 1.35 bits per heavy atom. The monoisotopic (exact) mass is 287 g/mol. The van der Waals surface area contributed by atoms with Crippen molar-refractivity contribution in [2.24, 2.45) is 5.92 Å². The summed E-state index contributed by atoms with van der Waals surface area (Å²) in [5.74, 6) is 0.963. The van der Waals surface area contributed by atoms with E-state index in [2.05, 4.69) is 22.2 Å². The third-order valence-corrected chi connectivity index (χ3v) is 3.56. The Morgan fingerprint density at radius 2 is 2.20 bits per heavy atom. The standard InChI is InChI=1S/C15H14ClN3O/c1-9-5-13-12(14(20)6-9)8-17-15(19-13)18-11-4-2-3-10(16)7-11/h2-4,7-9H,5-6H2,1H3,(H,17,18,19). The average Bonchev–Trinajstić information content (AvgIpc) is 2.38. The van der Waals surface area contributed by atoms with Crippen molar-refractivity contribution in [3.05, 3.63) is 46.7 Å². The number of anilines is 2. The lowest BCUT2D eigenvalue weighted by atomic mass is 9.88. The van der Waals surface area contributed by atoms with Crippen LogP contribution in [0, 0.1) is 5.92 Å². The zero-order chi connectivity index (χ0) is 14.1. The third-order valence-electron chi connectivity index (χ3n) is 3.32. The molecule has 1 atom stereocenters. The van der Waals surface area contributed by atoms with Crippen LogP contribution in [0.4, 0.5) is 11.6 Å². The molecule has 2 aromatic rings. The minimum atomic E-state index is 0.132. The first-order valence-corrected chi connectivity index (χ1v) is 6.91. The molecule has 20 heavy (non-hydrogen) atoms. The van der Waals surface area contributed by atoms with Crippen molar-refractivity contribution in [2.75, 3.05) is 5.32 Å². The minimum absolute atomic E-state index is 0.132. The van der Waals surface area contributed by atoms with Crippen LogP contribution in [0.2, 0.25) is 5.02 Å². The van der Waals surface area contributed by atoms with Crippen molar-refractivity contribution in [3.8, 4) is 0 Å². The highest BCUT2D eigenvalue weighted by Crippen LogP contribution is 2.25. The summed E-state index contributed by atoms with van der Waals surface area (Å²) in [6, 6.07) is 7.36. The van der Waals surface area contributed by atoms with Gasteiger partial charge in [-0.1, -0.05) is 24.6 Å². The van der Waals surface area contributed by atoms with E-state index in [0.717, 1.165) is 17.8 Å². The van der Waals surface area contributed by atoms with Gasteiger partial charge in [-0.2, -0.15) is 0 Å². The molecule has 4 nitrogen and oxygen atoms in total. The molecule has 0 fully saturated rings. The van der Waals surface area contributed by atoms with Gasteiger partial charge in [-0.25, -0.2) is 9.97 Å². The summed E-state index contributed by atoms with van der Waals surface area (Å²) >= 11 is 5.94. The van der Waals surface area contributed by atoms with Crippen molar-refractivity contribution in [3.63, 3.8) is 0 Å². The molecule has 0 amide bonds. The van der Waals surface area contributed by atoms with Crippen LogP contribution < -0.4 is 5.32 Å². The molecule has 102 valence electrons. The Kier molecular flexibility index (Phi) is 3.40. The number of ketones is 1. The molecule has 0 saturated heterocycles. The molecule has 0 bridgehead atoms. The third kappa shape index (κ3) is 2.65. The average molecular weight is 288 g/mol. The highest BCUT2D eigenvalue weighted by atomic mass is 35.5. The fraction of sp³-hybridized carbons (Fsp3) is 0.267. The van der Waals surface area contributed by atoms with Gasteiger partial charge in [-0.3, -0.25) is 4.79 Å². The second kappa shape index (κ2) is 5.21. The molecule has 5 heteroatoms. The Hall–Kier alpha value is -1.94. The molecular formula is C15H14ClN3O. The van der Waals surface area contributed by atoms with E-state index >= 15 is 0 Å². The largest absolute Gasteiger partial charge is 0.324 e. The number of hydrogen-bond acceptors (Lipinski definition) is 4. The molecule has 0 aliphatic heterocycles. The fourth-order valence-corrected chi connectivity index (χ4v) is 2.58. The minimum Gasteiger partial charge on any atom is -0.324 e. The molecule has 1 aliphatic rings. The number of carbonyl (C=O) groups is 1. The smallest absolute Gasteiger partial charge is 0.227 e. The maximum Gasteiger partial charge on any atom is 0.227 e. The van der Waals surface area contributed by atoms with Crippen LogP contribution >= 0.6 is 11.6 Å². The van der Waals surface area contributed by atoms with E-state index in [1.807, 2.05) is 12.1 Å². The molecule has 3 rings (SSSR count). The van der Waals surface area contributed by atoms with Gasteiger partial charge in [-0.15, -0.1) is 0 Å². The molecular weight excluding hydrogens is 274 g/mol. The summed E-state index contributed by atoms with van der Waals surface area (Å²) in [7, 11) is 0. The molecule has 1 heterocycles. The van der Waals surface area contributed by atoms with Crippen LogP contribution in [-0.2, 0) is 6.42 Å². The number of fused-ring (bicyclic) bond motifs is 1. The lowest BCUT2D eigenvalue weighted by Crippen LogP contribution is -2.20. The molecule has 1 aromatic carbocycles. The van der Waals surface area contributed by atoms with Crippen molar-refractivity contribution < 1.29 is 4.79 Å². The molecule has 1 N–H and O–H groups in total. The van der Waals surface area contributed by atoms with Gasteiger partial charge in [0.05, 0.1) is 11.3 Å². The summed E-state index contributed by atoms with van der Waals surface area (Å²) < 4.78 is 0. The van der Waals surface area contributed by atoms with Crippen LogP contribution in [0.1, 0.15) is 29.4 Å². The van der Waals surface area contributed by atoms with Gasteiger partial charge in [0.2, 0.25) is 5.95 Å². The Morgan fingerprint density at radius 3 is 3.00 bits per heavy atom. The second-order valence-corrected chi connectivity index (χ2v) is 5.56. The fourth-order valence-electron chi connectivity index (χ4n) is 2.39. The van der Waals surface area contributed by atoms with E-state index < -0.39 is 0 Å². The summed E-state index contributed by atoms with van der Waals surface area (Å²) in [6.07, 6.45) is 3.01. The van der Waals surface area contributed by atoms with Crippen molar-refractivity contribution in [1.82, 2.24) is 9.97 Å². The van der Waals surface area contributed by atoms with E-state index in [1.165, 1.54) is 0 Å². The van der Waals surface area contributed by atoms with Crippen LogP contribution in [0.25, 0.3) is 0 Å². The van der Waals surface area contributed by atoms with Gasteiger partial charge in [0.15, 0.2) is 5.78 Å². The maximum atomic E-state index is 11.9. The van der Waals surface area contributed by atoms with Crippen LogP contribution in [0.15, 0.2) is 30.5 Å². The number of hydrogen-bond donors (Lipinski definition) is 1. The van der Waals surface area contributed by atoms with E-state index in [9.17, 15) is 4.79 Å². The SMILES string of the molecule is CC1CC(=O)c2cnc(Nc3cccc(Cl)c3)nc2C1. The van der Waals surface area contributed by atoms with Gasteiger partial charge in [-0.05, 0) is 30.5 Å². The van der Waals surface area contributed by atoms with E-state index in [-0.39, 0.29) is 5.78 Å². The van der Waals surface area contributed by atoms with Gasteiger partial charge in [0.1, 0.15) is 0 Å². The zero-order valence-electron chi connectivity index (χ0n) is 11.1. The number of halogens is 1. The first-order chi connectivity index (χ1) is 9.61. The molecule has 0 radical (unpaired) electrons. The van der Waals surface area contributed by atoms with Crippen molar-refractivity contribution in [1.29, 1.82) is 0 Å². The van der Waals surface area contributed by atoms with Gasteiger partial charge >= 0.3 is 0 Å². The van der Waals surface area contributed by atoms with E-state index in [0.29, 0.717) is 28.9 Å². The van der Waals surface area contributed by atoms with Crippen molar-refractivity contribution in [2.45, 2.75) is 19.8 Å². The van der Waals surface area contributed by atoms with Gasteiger partial charge in [0.25, 0.3) is 0 Å². The summed E-state index contributed by atoms with van der Waals surface area (Å²) in [5.41, 5.74) is 2.31. The molecule has 0 spiro atoms. The summed E-state index contributed by atoms with van der Waals surface area (Å²) in [6.45, 7) is 2.06. The lowest BCUT2D eigenvalue weighted by Gasteiger charge is -2.19. The van der Waals surface area contributed by atoms with E-state index in [4.69, 9.17) is 11.6 Å². The Balaban J connectivity index is 1.89. The number of aromatic nitrogens is 2. The highest BCUT2D eigenvalue weighted by molar-refractivity contribution is 6.30. The van der Waals surface area contributed by atoms with Crippen molar-refractivity contribution >= 4 is 29.0 Å². The second-order valence-electron chi connectivity index (χ2n) is 5.13. The molecule has 1 unspecified atom stereocenters. The Bertz CT molecular complexity index is 672. The van der Waals surface area contributed by atoms with E-state index in [1.54, 1.807) is 18.3 Å². The first kappa shape index (κ1) is 13.1. The molecule has 1 aromatic heterocycles. The molecule has 0 saturated carbocycles. The van der Waals surface area contributed by atoms with Crippen LogP contribution in [0.3, 0.4) is 0 Å². The maximum absolute atomic E-state index is 11.9. The number of carbonyl (C=O) groups excluding carboxylic acids is 1. The van der Waals surface area contributed by atoms with Gasteiger partial charge in [0, 0.05) is 23.3 Å². The number of nitrogens with one attached hydrogen (secondary N) is 1. The lowest BCUT2D eigenvalue weighted by molar-refractivity contribution is 0.0951. The quantitative estimate of drug-likeness (QED) is 0.916. The number of nitrogens with zero attached hydrogens (tertiary/aromatic N) is 2. The van der Waals surface area contributed by atoms with Crippen LogP contribution in [-0.4, -0.2) is 15.8 Å². The normalized spacial score (nSPS) is 17.7. The predicted octanol–water partition coefficient (Wildman–Crippen LogP) is 3.64. The van der Waals surface area contributed by atoms with Gasteiger partial charge < -0.3 is 5.32 Å². The topological polar surface area (TPSA) is 54.9 Å². The Labute approximate surface area is 122 Å². The molecule has 1 aliphatic carbocycles. The zero-order valence-corrected chi connectivity index (χ0v) is 11.8. The predicted molar refractivity (Wildman–Crippen MR) is 78.6 cm³/mol. The number of rotatable bonds is 2. The number of Topliss-reactive ketones (excluding diaryl/α,β-unsaturated/α-hetero) is 1. The number of benzene rings is 1. The van der Waals surface area contributed by atoms with Crippen LogP contribution in [0.5, 0.6) is 0 Å².